The van der Waals surface area contributed by atoms with Gasteiger partial charge in [-0.25, -0.2) is 0 Å². The number of hydrogen-bond acceptors (Lipinski definition) is 4. The highest BCUT2D eigenvalue weighted by molar-refractivity contribution is 6.52. The van der Waals surface area contributed by atoms with Crippen molar-refractivity contribution in [2.24, 2.45) is 0 Å². The molecule has 0 aromatic heterocycles. The first-order chi connectivity index (χ1) is 10.1. The van der Waals surface area contributed by atoms with E-state index in [-0.39, 0.29) is 18.1 Å². The molecule has 0 atom stereocenters. The lowest BCUT2D eigenvalue weighted by atomic mass is 9.86. The Kier molecular flexibility index (Phi) is 4.09. The van der Waals surface area contributed by atoms with Crippen molar-refractivity contribution in [3.8, 4) is 0 Å². The van der Waals surface area contributed by atoms with Crippen LogP contribution in [-0.4, -0.2) is 30.3 Å². The summed E-state index contributed by atoms with van der Waals surface area (Å²) in [5, 5.41) is 0. The minimum Gasteiger partial charge on any atom is -0.462 e. The fourth-order valence-corrected chi connectivity index (χ4v) is 2.35. The van der Waals surface area contributed by atoms with Crippen LogP contribution in [0.25, 0.3) is 0 Å². The molecule has 0 spiro atoms. The molecule has 22 heavy (non-hydrogen) atoms. The Labute approximate surface area is 130 Å². The Balaban J connectivity index is 2.33. The topological polar surface area (TPSA) is 63.7 Å². The second-order valence-corrected chi connectivity index (χ2v) is 6.74. The standard InChI is InChI=1S/C17H21NO4/c1-10(2)22-14(19)9-18-13-7-6-11(17(3,4)5)8-12(13)15(20)16(18)21/h6-8,10H,9H2,1-5H3. The third-order valence-electron chi connectivity index (χ3n) is 3.49. The molecule has 1 aliphatic rings. The Morgan fingerprint density at radius 3 is 2.41 bits per heavy atom. The molecule has 118 valence electrons. The van der Waals surface area contributed by atoms with Gasteiger partial charge in [-0.1, -0.05) is 26.8 Å². The molecule has 5 heteroatoms. The summed E-state index contributed by atoms with van der Waals surface area (Å²) in [5.41, 5.74) is 1.68. The van der Waals surface area contributed by atoms with Gasteiger partial charge >= 0.3 is 5.97 Å². The molecule has 0 aliphatic carbocycles. The van der Waals surface area contributed by atoms with Crippen LogP contribution in [0.5, 0.6) is 0 Å². The van der Waals surface area contributed by atoms with Crippen molar-refractivity contribution in [2.75, 3.05) is 11.4 Å². The first-order valence-corrected chi connectivity index (χ1v) is 7.31. The van der Waals surface area contributed by atoms with E-state index in [1.807, 2.05) is 26.8 Å². The van der Waals surface area contributed by atoms with Crippen LogP contribution >= 0.6 is 0 Å². The van der Waals surface area contributed by atoms with Gasteiger partial charge in [-0.15, -0.1) is 0 Å². The number of amides is 1. The molecule has 1 amide bonds. The average Bonchev–Trinajstić information content (AvgIpc) is 2.62. The smallest absolute Gasteiger partial charge is 0.326 e. The molecule has 0 unspecified atom stereocenters. The Morgan fingerprint density at radius 1 is 1.23 bits per heavy atom. The minimum absolute atomic E-state index is 0.123. The van der Waals surface area contributed by atoms with Crippen LogP contribution in [-0.2, 0) is 19.7 Å². The number of esters is 1. The number of hydrogen-bond donors (Lipinski definition) is 0. The zero-order valence-corrected chi connectivity index (χ0v) is 13.6. The molecular weight excluding hydrogens is 282 g/mol. The summed E-state index contributed by atoms with van der Waals surface area (Å²) in [6, 6.07) is 5.34. The second-order valence-electron chi connectivity index (χ2n) is 6.74. The number of fused-ring (bicyclic) bond motifs is 1. The summed E-state index contributed by atoms with van der Waals surface area (Å²) in [6.07, 6.45) is -0.261. The molecular formula is C17H21NO4. The lowest BCUT2D eigenvalue weighted by molar-refractivity contribution is -0.146. The average molecular weight is 303 g/mol. The molecule has 0 N–H and O–H groups in total. The summed E-state index contributed by atoms with van der Waals surface area (Å²) in [4.78, 5) is 37.2. The number of ketones is 1. The van der Waals surface area contributed by atoms with Crippen molar-refractivity contribution in [3.63, 3.8) is 0 Å². The summed E-state index contributed by atoms with van der Waals surface area (Å²) in [6.45, 7) is 9.33. The van der Waals surface area contributed by atoms with Crippen molar-refractivity contribution >= 4 is 23.3 Å². The SMILES string of the molecule is CC(C)OC(=O)CN1C(=O)C(=O)c2cc(C(C)(C)C)ccc21. The van der Waals surface area contributed by atoms with Gasteiger partial charge in [-0.2, -0.15) is 0 Å². The highest BCUT2D eigenvalue weighted by Crippen LogP contribution is 2.33. The Bertz CT molecular complexity index is 641. The zero-order chi connectivity index (χ0) is 16.7. The van der Waals surface area contributed by atoms with Gasteiger partial charge in [-0.3, -0.25) is 19.3 Å². The van der Waals surface area contributed by atoms with Crippen LogP contribution in [0.3, 0.4) is 0 Å². The van der Waals surface area contributed by atoms with E-state index in [4.69, 9.17) is 4.74 Å². The van der Waals surface area contributed by atoms with E-state index in [0.717, 1.165) is 5.56 Å². The number of ether oxygens (including phenoxy) is 1. The van der Waals surface area contributed by atoms with E-state index in [0.29, 0.717) is 11.3 Å². The maximum atomic E-state index is 12.1. The van der Waals surface area contributed by atoms with Crippen molar-refractivity contribution < 1.29 is 19.1 Å². The van der Waals surface area contributed by atoms with Crippen molar-refractivity contribution in [2.45, 2.75) is 46.1 Å². The number of Topliss-reactive ketones (excluding diaryl/α,β-unsaturated/α-hetero) is 1. The minimum atomic E-state index is -0.679. The lowest BCUT2D eigenvalue weighted by Crippen LogP contribution is -2.36. The van der Waals surface area contributed by atoms with Crippen molar-refractivity contribution in [1.82, 2.24) is 0 Å². The third-order valence-corrected chi connectivity index (χ3v) is 3.49. The molecule has 1 aliphatic heterocycles. The summed E-state index contributed by atoms with van der Waals surface area (Å²) in [7, 11) is 0. The van der Waals surface area contributed by atoms with Gasteiger partial charge in [0, 0.05) is 0 Å². The van der Waals surface area contributed by atoms with Gasteiger partial charge in [0.05, 0.1) is 17.4 Å². The number of carbonyl (C=O) groups is 3. The molecule has 0 saturated heterocycles. The summed E-state index contributed by atoms with van der Waals surface area (Å²) in [5.74, 6) is -1.77. The highest BCUT2D eigenvalue weighted by atomic mass is 16.5. The van der Waals surface area contributed by atoms with E-state index < -0.39 is 17.7 Å². The van der Waals surface area contributed by atoms with Gasteiger partial charge in [0.25, 0.3) is 11.7 Å². The van der Waals surface area contributed by atoms with Gasteiger partial charge in [0.1, 0.15) is 6.54 Å². The van der Waals surface area contributed by atoms with E-state index in [2.05, 4.69) is 0 Å². The van der Waals surface area contributed by atoms with Crippen LogP contribution in [0.2, 0.25) is 0 Å². The first-order valence-electron chi connectivity index (χ1n) is 7.31. The van der Waals surface area contributed by atoms with Crippen LogP contribution < -0.4 is 4.90 Å². The maximum Gasteiger partial charge on any atom is 0.326 e. The predicted octanol–water partition coefficient (Wildman–Crippen LogP) is 2.46. The first kappa shape index (κ1) is 16.2. The fraction of sp³-hybridized carbons (Fsp3) is 0.471. The molecule has 0 fully saturated rings. The van der Waals surface area contributed by atoms with Gasteiger partial charge in [0.15, 0.2) is 0 Å². The summed E-state index contributed by atoms with van der Waals surface area (Å²) >= 11 is 0. The fourth-order valence-electron chi connectivity index (χ4n) is 2.35. The molecule has 1 aromatic rings. The molecule has 1 aromatic carbocycles. The van der Waals surface area contributed by atoms with Crippen molar-refractivity contribution in [3.05, 3.63) is 29.3 Å². The zero-order valence-electron chi connectivity index (χ0n) is 13.6. The number of anilines is 1. The second kappa shape index (κ2) is 5.55. The van der Waals surface area contributed by atoms with Crippen LogP contribution in [0.1, 0.15) is 50.5 Å². The number of nitrogens with zero attached hydrogens (tertiary/aromatic N) is 1. The largest absolute Gasteiger partial charge is 0.462 e. The quantitative estimate of drug-likeness (QED) is 0.635. The lowest BCUT2D eigenvalue weighted by Gasteiger charge is -2.21. The summed E-state index contributed by atoms with van der Waals surface area (Å²) < 4.78 is 5.04. The van der Waals surface area contributed by atoms with Gasteiger partial charge in [-0.05, 0) is 37.0 Å². The predicted molar refractivity (Wildman–Crippen MR) is 83.1 cm³/mol. The van der Waals surface area contributed by atoms with Gasteiger partial charge in [0.2, 0.25) is 0 Å². The van der Waals surface area contributed by atoms with E-state index in [1.54, 1.807) is 26.0 Å². The van der Waals surface area contributed by atoms with Crippen molar-refractivity contribution in [1.29, 1.82) is 0 Å². The van der Waals surface area contributed by atoms with Crippen LogP contribution in [0, 0.1) is 0 Å². The highest BCUT2D eigenvalue weighted by Gasteiger charge is 2.37. The Morgan fingerprint density at radius 2 is 1.86 bits per heavy atom. The molecule has 5 nitrogen and oxygen atoms in total. The number of benzene rings is 1. The van der Waals surface area contributed by atoms with Gasteiger partial charge < -0.3 is 4.74 Å². The maximum absolute atomic E-state index is 12.1. The molecule has 0 bridgehead atoms. The van der Waals surface area contributed by atoms with Crippen LogP contribution in [0.15, 0.2) is 18.2 Å². The van der Waals surface area contributed by atoms with Crippen LogP contribution in [0.4, 0.5) is 5.69 Å². The molecule has 2 rings (SSSR count). The molecule has 1 heterocycles. The van der Waals surface area contributed by atoms with E-state index >= 15 is 0 Å². The molecule has 0 radical (unpaired) electrons. The van der Waals surface area contributed by atoms with E-state index in [1.165, 1.54) is 4.90 Å². The number of carbonyl (C=O) groups excluding carboxylic acids is 3. The number of rotatable bonds is 3. The molecule has 0 saturated carbocycles. The normalized spacial score (nSPS) is 14.5. The van der Waals surface area contributed by atoms with E-state index in [9.17, 15) is 14.4 Å². The Hall–Kier alpha value is -2.17. The third kappa shape index (κ3) is 3.03. The monoisotopic (exact) mass is 303 g/mol.